The van der Waals surface area contributed by atoms with Gasteiger partial charge in [0.25, 0.3) is 0 Å². The Kier molecular flexibility index (Phi) is 14.2. The van der Waals surface area contributed by atoms with E-state index in [0.29, 0.717) is 22.4 Å². The molecule has 0 N–H and O–H groups in total. The normalized spacial score (nSPS) is 12.4. The van der Waals surface area contributed by atoms with E-state index in [0.717, 1.165) is 123 Å². The number of halogens is 1. The van der Waals surface area contributed by atoms with Crippen molar-refractivity contribution < 1.29 is 13.3 Å². The molecule has 18 aromatic rings. The van der Waals surface area contributed by atoms with Gasteiger partial charge in [-0.25, -0.2) is 9.32 Å². The highest BCUT2D eigenvalue weighted by molar-refractivity contribution is 6.42. The van der Waals surface area contributed by atoms with Crippen LogP contribution in [0.4, 0.5) is 50.1 Å². The molecule has 2 aliphatic rings. The van der Waals surface area contributed by atoms with Gasteiger partial charge in [0.15, 0.2) is 0 Å². The van der Waals surface area contributed by atoms with Crippen molar-refractivity contribution in [2.75, 3.05) is 9.80 Å². The van der Waals surface area contributed by atoms with Gasteiger partial charge >= 0.3 is 26.4 Å². The Balaban J connectivity index is 0.624. The lowest BCUT2D eigenvalue weighted by atomic mass is 9.97. The Labute approximate surface area is 604 Å². The summed E-state index contributed by atoms with van der Waals surface area (Å²) in [6.07, 6.45) is 3.99. The first-order valence-corrected chi connectivity index (χ1v) is 35.0. The number of hydrogen-bond donors (Lipinski definition) is 0. The summed E-state index contributed by atoms with van der Waals surface area (Å²) < 4.78 is 24.6. The van der Waals surface area contributed by atoms with Gasteiger partial charge in [-0.2, -0.15) is 5.26 Å². The van der Waals surface area contributed by atoms with Gasteiger partial charge < -0.3 is 14.3 Å². The summed E-state index contributed by atoms with van der Waals surface area (Å²) in [7, 11) is 0.623. The number of anilines is 6. The van der Waals surface area contributed by atoms with Crippen LogP contribution >= 0.6 is 0 Å². The summed E-state index contributed by atoms with van der Waals surface area (Å²) in [6.45, 7) is 8.68. The molecule has 0 unspecified atom stereocenters. The first-order chi connectivity index (χ1) is 51.9. The van der Waals surface area contributed by atoms with Gasteiger partial charge in [0.2, 0.25) is 16.7 Å². The highest BCUT2D eigenvalue weighted by atomic mass is 19.1. The Morgan fingerprint density at radius 1 is 0.400 bits per heavy atom. The number of nitrogens with zero attached hydrogens (tertiary/aromatic N) is 10. The monoisotopic (exact) mass is 1340 g/mol. The van der Waals surface area contributed by atoms with Crippen molar-refractivity contribution >= 4 is 137 Å². The van der Waals surface area contributed by atoms with E-state index in [1.807, 2.05) is 91.1 Å². The molecule has 20 rings (SSSR count). The number of hydrogen-bond acceptors (Lipinski definition) is 5. The standard InChI is InChI=1S/C92H56B2FN10/c1-97-90(68-38-52-76(53-39-68)103(74-48-34-64(35-49-74)80-23-7-15-62-13-3-5-21-78(62)80)71-42-28-59(29-43-71)69-40-54-86-98-91-81-24-8-16-66-18-10-26-84(88(66)81)104(91)93-100(86)57-69)83(56-96)65-36-50-75(51-37-65)102(73-46-32-63(33-47-73)79-22-6-14-61-12-2-4-20-77(61)79)72-44-30-60(31-45-72)70-41-55-87-99-92-82-25-9-17-67-19-11-27-85(89(67)82)105(92)94(95)101(87)58-70/h2-55,57-58H/q+2/b90-83-. The number of aromatic nitrogens is 4. The maximum absolute atomic E-state index is 17.1. The highest BCUT2D eigenvalue weighted by Gasteiger charge is 2.40. The van der Waals surface area contributed by atoms with E-state index in [1.54, 1.807) is 8.96 Å². The van der Waals surface area contributed by atoms with Crippen molar-refractivity contribution in [1.82, 2.24) is 8.96 Å². The lowest BCUT2D eigenvalue weighted by molar-refractivity contribution is -0.535. The van der Waals surface area contributed by atoms with E-state index in [2.05, 4.69) is 286 Å². The van der Waals surface area contributed by atoms with Gasteiger partial charge in [0.1, 0.15) is 0 Å². The molecule has 0 spiro atoms. The number of rotatable bonds is 12. The molecule has 6 heterocycles. The van der Waals surface area contributed by atoms with Crippen LogP contribution in [0.1, 0.15) is 11.1 Å². The summed E-state index contributed by atoms with van der Waals surface area (Å²) in [5.41, 5.74) is 18.9. The molecular weight excluding hydrogens is 1290 g/mol. The minimum absolute atomic E-state index is 0.242. The summed E-state index contributed by atoms with van der Waals surface area (Å²) in [6, 6.07) is 115. The van der Waals surface area contributed by atoms with Gasteiger partial charge in [0.05, 0.1) is 41.4 Å². The van der Waals surface area contributed by atoms with Crippen LogP contribution in [0.2, 0.25) is 0 Å². The molecule has 0 amide bonds. The minimum atomic E-state index is -1.51. The third kappa shape index (κ3) is 10.1. The fourth-order valence-electron chi connectivity index (χ4n) is 15.8. The molecule has 10 nitrogen and oxygen atoms in total. The van der Waals surface area contributed by atoms with E-state index in [4.69, 9.17) is 16.6 Å². The number of nitriles is 1. The van der Waals surface area contributed by atoms with Crippen molar-refractivity contribution in [2.24, 2.45) is 9.98 Å². The van der Waals surface area contributed by atoms with Gasteiger partial charge in [0, 0.05) is 79.2 Å². The maximum atomic E-state index is 17.1. The predicted octanol–water partition coefficient (Wildman–Crippen LogP) is 21.0. The molecule has 0 aliphatic carbocycles. The number of fused-ring (bicyclic) bond motifs is 10. The van der Waals surface area contributed by atoms with Crippen LogP contribution in [-0.4, -0.2) is 23.8 Å². The number of allylic oxidation sites excluding steroid dienone is 1. The average molecular weight is 1340 g/mol. The summed E-state index contributed by atoms with van der Waals surface area (Å²) in [5, 5.41) is 22.4. The Bertz CT molecular complexity index is 6820. The zero-order chi connectivity index (χ0) is 69.8. The van der Waals surface area contributed by atoms with E-state index < -0.39 is 7.26 Å². The number of benzene rings is 14. The fraction of sp³-hybridized carbons (Fsp3) is 0. The minimum Gasteiger partial charge on any atom is -0.311 e. The van der Waals surface area contributed by atoms with E-state index >= 15 is 4.32 Å². The third-order valence-corrected chi connectivity index (χ3v) is 20.9. The van der Waals surface area contributed by atoms with Crippen molar-refractivity contribution in [2.45, 2.75) is 0 Å². The van der Waals surface area contributed by atoms with Crippen molar-refractivity contribution in [3.05, 3.63) is 373 Å². The van der Waals surface area contributed by atoms with Crippen LogP contribution in [-0.2, 0) is 0 Å². The smallest absolute Gasteiger partial charge is 0.311 e. The summed E-state index contributed by atoms with van der Waals surface area (Å²) in [4.78, 5) is 18.7. The largest absolute Gasteiger partial charge is 0.727 e. The Morgan fingerprint density at radius 2 is 0.800 bits per heavy atom. The molecule has 1 radical (unpaired) electrons. The molecular formula is C92H56B2FN10+2. The van der Waals surface area contributed by atoms with Crippen molar-refractivity contribution in [1.29, 1.82) is 5.26 Å². The second-order valence-electron chi connectivity index (χ2n) is 26.7. The summed E-state index contributed by atoms with van der Waals surface area (Å²) in [5.74, 6) is 1.39. The lowest BCUT2D eigenvalue weighted by Gasteiger charge is -2.26. The van der Waals surface area contributed by atoms with Crippen LogP contribution in [0.15, 0.2) is 350 Å². The third-order valence-electron chi connectivity index (χ3n) is 20.9. The van der Waals surface area contributed by atoms with Crippen LogP contribution in [0.5, 0.6) is 0 Å². The number of pyridine rings is 2. The van der Waals surface area contributed by atoms with Crippen molar-refractivity contribution in [3.8, 4) is 50.6 Å². The average Bonchev–Trinajstić information content (AvgIpc) is 1.57. The zero-order valence-corrected chi connectivity index (χ0v) is 56.3. The van der Waals surface area contributed by atoms with Gasteiger partial charge in [-0.1, -0.05) is 206 Å². The molecule has 0 atom stereocenters. The fourth-order valence-corrected chi connectivity index (χ4v) is 15.8. The molecule has 0 saturated carbocycles. The molecule has 105 heavy (non-hydrogen) atoms. The van der Waals surface area contributed by atoms with Gasteiger partial charge in [-0.15, -0.1) is 0 Å². The zero-order valence-electron chi connectivity index (χ0n) is 56.3. The predicted molar refractivity (Wildman–Crippen MR) is 424 cm³/mol. The maximum Gasteiger partial charge on any atom is 0.727 e. The van der Waals surface area contributed by atoms with Crippen LogP contribution in [0, 0.1) is 17.9 Å². The van der Waals surface area contributed by atoms with Gasteiger partial charge in [-0.3, -0.25) is 13.3 Å². The van der Waals surface area contributed by atoms with Gasteiger partial charge in [-0.05, 0) is 196 Å². The molecule has 2 aliphatic heterocycles. The molecule has 0 fully saturated rings. The second kappa shape index (κ2) is 24.5. The molecule has 0 bridgehead atoms. The van der Waals surface area contributed by atoms with E-state index in [1.165, 1.54) is 32.3 Å². The molecule has 14 aromatic carbocycles. The molecule has 13 heteroatoms. The highest BCUT2D eigenvalue weighted by Crippen LogP contribution is 2.43. The second-order valence-corrected chi connectivity index (χ2v) is 26.7. The SMILES string of the molecule is [C-]#[N+]/C(=C(/C#N)c1ccc(N(c2ccc(-c3ccc4[n+](c3)B(F)n3c(c5cccc6cccc3c65)=N4)cc2)c2ccc(-c3cccc4ccccc34)cc2)cc1)c1ccc(N(c2ccc(-c3ccc4[n+](c3)[B]n3c(c5cccc6cccc3c65)=N4)cc2)c2ccc(-c3cccc4ccccc34)cc2)cc1. The topological polar surface area (TPSA) is 77.0 Å². The first kappa shape index (κ1) is 60.7. The van der Waals surface area contributed by atoms with Crippen LogP contribution in [0.25, 0.3) is 126 Å². The quantitative estimate of drug-likeness (QED) is 0.0529. The summed E-state index contributed by atoms with van der Waals surface area (Å²) >= 11 is 0. The van der Waals surface area contributed by atoms with Crippen molar-refractivity contribution in [3.63, 3.8) is 0 Å². The lowest BCUT2D eigenvalue weighted by Crippen LogP contribution is -2.58. The van der Waals surface area contributed by atoms with Crippen LogP contribution < -0.4 is 29.7 Å². The Morgan fingerprint density at radius 3 is 1.33 bits per heavy atom. The molecule has 0 saturated heterocycles. The molecule has 485 valence electrons. The van der Waals surface area contributed by atoms with E-state index in [-0.39, 0.29) is 11.3 Å². The Hall–Kier alpha value is -14.3. The van der Waals surface area contributed by atoms with E-state index in [9.17, 15) is 5.26 Å². The first-order valence-electron chi connectivity index (χ1n) is 35.0. The molecule has 4 aromatic heterocycles. The van der Waals surface area contributed by atoms with Crippen LogP contribution in [0.3, 0.4) is 0 Å².